The van der Waals surface area contributed by atoms with Crippen LogP contribution in [-0.2, 0) is 4.79 Å². The second kappa shape index (κ2) is 22.1. The number of carbonyl (C=O) groups excluding carboxylic acids is 1. The zero-order valence-electron chi connectivity index (χ0n) is 21.5. The van der Waals surface area contributed by atoms with E-state index in [9.17, 15) is 4.79 Å². The van der Waals surface area contributed by atoms with Gasteiger partial charge in [0.2, 0.25) is 0 Å². The third kappa shape index (κ3) is 17.6. The van der Waals surface area contributed by atoms with Crippen LogP contribution in [0.3, 0.4) is 0 Å². The average Bonchev–Trinajstić information content (AvgIpc) is 2.75. The number of unbranched alkanes of at least 4 members (excludes halogenated alkanes) is 15. The molecular weight excluding hydrogens is 385 g/mol. The second-order valence-electron chi connectivity index (χ2n) is 9.90. The molecule has 0 spiro atoms. The van der Waals surface area contributed by atoms with Crippen LogP contribution in [0.15, 0.2) is 0 Å². The van der Waals surface area contributed by atoms with Gasteiger partial charge < -0.3 is 0 Å². The first-order valence-corrected chi connectivity index (χ1v) is 16.7. The minimum absolute atomic E-state index is 0.324. The Kier molecular flexibility index (Phi) is 22.0. The number of nitrogens with one attached hydrogen (secondary N) is 1. The van der Waals surface area contributed by atoms with Crippen LogP contribution in [0.2, 0.25) is 0 Å². The number of amides is 1. The topological polar surface area (TPSA) is 29.1 Å². The summed E-state index contributed by atoms with van der Waals surface area (Å²) >= 11 is 0. The Morgan fingerprint density at radius 3 is 1.13 bits per heavy atom. The molecule has 0 aromatic heterocycles. The van der Waals surface area contributed by atoms with Crippen molar-refractivity contribution >= 4 is 13.2 Å². The Morgan fingerprint density at radius 2 is 0.833 bits per heavy atom. The van der Waals surface area contributed by atoms with Gasteiger partial charge in [-0.1, -0.05) is 0 Å². The van der Waals surface area contributed by atoms with Crippen molar-refractivity contribution in [2.75, 3.05) is 31.7 Å². The monoisotopic (exact) mass is 443 g/mol. The van der Waals surface area contributed by atoms with Crippen LogP contribution in [0.5, 0.6) is 0 Å². The Hall–Kier alpha value is -0.100. The molecule has 2 nitrogen and oxygen atoms in total. The van der Waals surface area contributed by atoms with Crippen molar-refractivity contribution in [3.05, 3.63) is 0 Å². The summed E-state index contributed by atoms with van der Waals surface area (Å²) in [6.07, 6.45) is 29.9. The molecule has 3 heteroatoms. The van der Waals surface area contributed by atoms with Gasteiger partial charge in [0.05, 0.1) is 0 Å². The molecule has 0 atom stereocenters. The molecule has 0 heterocycles. The van der Waals surface area contributed by atoms with Gasteiger partial charge in [0.25, 0.3) is 0 Å². The Balaban J connectivity index is 4.72. The molecule has 182 valence electrons. The summed E-state index contributed by atoms with van der Waals surface area (Å²) in [5.74, 6) is 0.324. The first kappa shape index (κ1) is 29.9. The van der Waals surface area contributed by atoms with Crippen molar-refractivity contribution in [1.82, 2.24) is 5.32 Å². The molecule has 0 aliphatic rings. The second-order valence-corrected chi connectivity index (χ2v) is 14.8. The summed E-state index contributed by atoms with van der Waals surface area (Å²) in [5.41, 5.74) is 0. The fourth-order valence-corrected chi connectivity index (χ4v) is 10.0. The van der Waals surface area contributed by atoms with Crippen molar-refractivity contribution in [2.45, 2.75) is 136 Å². The van der Waals surface area contributed by atoms with E-state index in [-0.39, 0.29) is 0 Å². The Labute approximate surface area is 191 Å². The molecule has 1 amide bonds. The van der Waals surface area contributed by atoms with Gasteiger partial charge in [-0.2, -0.15) is 0 Å². The summed E-state index contributed by atoms with van der Waals surface area (Å²) in [7, 11) is 0.338. The van der Waals surface area contributed by atoms with Gasteiger partial charge in [0, 0.05) is 0 Å². The van der Waals surface area contributed by atoms with E-state index in [2.05, 4.69) is 26.1 Å². The van der Waals surface area contributed by atoms with E-state index in [0.717, 1.165) is 6.16 Å². The van der Waals surface area contributed by atoms with Crippen LogP contribution < -0.4 is 5.32 Å². The van der Waals surface area contributed by atoms with Crippen LogP contribution in [-0.4, -0.2) is 37.6 Å². The van der Waals surface area contributed by atoms with E-state index in [1.807, 2.05) is 7.05 Å². The van der Waals surface area contributed by atoms with E-state index < -0.39 is 7.26 Å². The summed E-state index contributed by atoms with van der Waals surface area (Å²) in [5, 5.41) is 2.97. The molecule has 0 rings (SSSR count). The zero-order valence-corrected chi connectivity index (χ0v) is 22.5. The van der Waals surface area contributed by atoms with E-state index in [1.54, 1.807) is 0 Å². The van der Waals surface area contributed by atoms with Crippen molar-refractivity contribution in [1.29, 1.82) is 0 Å². The standard InChI is InChI=1S/C27H58NOP/c1-5-8-11-14-17-20-23-30(26-27(29)28-4,24-21-18-15-12-9-6-2)25-22-19-16-13-10-7-3/h30H,5-26H2,1-4H3,(H,28,29). The first-order valence-electron chi connectivity index (χ1n) is 13.8. The molecule has 0 aromatic rings. The normalized spacial score (nSPS) is 12.3. The van der Waals surface area contributed by atoms with Gasteiger partial charge in [-0.3, -0.25) is 0 Å². The number of carbonyl (C=O) groups is 1. The predicted molar refractivity (Wildman–Crippen MR) is 142 cm³/mol. The summed E-state index contributed by atoms with van der Waals surface area (Å²) in [4.78, 5) is 12.5. The van der Waals surface area contributed by atoms with Gasteiger partial charge >= 0.3 is 191 Å². The van der Waals surface area contributed by atoms with Gasteiger partial charge in [0.1, 0.15) is 0 Å². The third-order valence-electron chi connectivity index (χ3n) is 7.00. The molecule has 0 aliphatic heterocycles. The summed E-state index contributed by atoms with van der Waals surface area (Å²) in [6.45, 7) is 6.88. The minimum atomic E-state index is -1.50. The summed E-state index contributed by atoms with van der Waals surface area (Å²) < 4.78 is 0. The molecule has 0 aromatic carbocycles. The number of rotatable bonds is 23. The van der Waals surface area contributed by atoms with Crippen molar-refractivity contribution < 1.29 is 4.79 Å². The van der Waals surface area contributed by atoms with E-state index in [4.69, 9.17) is 0 Å². The van der Waals surface area contributed by atoms with Gasteiger partial charge in [0.15, 0.2) is 0 Å². The van der Waals surface area contributed by atoms with Crippen LogP contribution >= 0.6 is 7.26 Å². The van der Waals surface area contributed by atoms with E-state index in [1.165, 1.54) is 134 Å². The predicted octanol–water partition coefficient (Wildman–Crippen LogP) is 8.56. The van der Waals surface area contributed by atoms with Gasteiger partial charge in [-0.05, 0) is 0 Å². The molecule has 0 unspecified atom stereocenters. The zero-order chi connectivity index (χ0) is 22.3. The Bertz CT molecular complexity index is 331. The molecule has 1 N–H and O–H groups in total. The van der Waals surface area contributed by atoms with Crippen LogP contribution in [0, 0.1) is 0 Å². The van der Waals surface area contributed by atoms with Gasteiger partial charge in [-0.25, -0.2) is 0 Å². The third-order valence-corrected chi connectivity index (χ3v) is 12.3. The van der Waals surface area contributed by atoms with Crippen molar-refractivity contribution in [2.24, 2.45) is 0 Å². The van der Waals surface area contributed by atoms with E-state index >= 15 is 0 Å². The van der Waals surface area contributed by atoms with Crippen LogP contribution in [0.1, 0.15) is 136 Å². The van der Waals surface area contributed by atoms with Crippen molar-refractivity contribution in [3.8, 4) is 0 Å². The maximum atomic E-state index is 12.5. The molecule has 0 saturated carbocycles. The molecule has 30 heavy (non-hydrogen) atoms. The van der Waals surface area contributed by atoms with Crippen LogP contribution in [0.25, 0.3) is 0 Å². The van der Waals surface area contributed by atoms with Gasteiger partial charge in [-0.15, -0.1) is 0 Å². The number of hydrogen-bond donors (Lipinski definition) is 1. The SMILES string of the molecule is CCCCCCCC[PH](CCCCCCCC)(CCCCCCCC)CC(=O)NC. The summed E-state index contributed by atoms with van der Waals surface area (Å²) in [6, 6.07) is 0. The van der Waals surface area contributed by atoms with Crippen LogP contribution in [0.4, 0.5) is 0 Å². The quantitative estimate of drug-likeness (QED) is 0.124. The van der Waals surface area contributed by atoms with E-state index in [0.29, 0.717) is 5.91 Å². The molecular formula is C27H58NOP. The number of hydrogen-bond acceptors (Lipinski definition) is 1. The fraction of sp³-hybridized carbons (Fsp3) is 0.963. The fourth-order valence-electron chi connectivity index (χ4n) is 4.91. The molecule has 0 bridgehead atoms. The molecule has 0 radical (unpaired) electrons. The van der Waals surface area contributed by atoms with Crippen molar-refractivity contribution in [3.63, 3.8) is 0 Å². The molecule has 0 saturated heterocycles. The average molecular weight is 444 g/mol. The molecule has 0 fully saturated rings. The molecule has 0 aliphatic carbocycles. The maximum absolute atomic E-state index is 12.5. The first-order chi connectivity index (χ1) is 14.6. The Morgan fingerprint density at radius 1 is 0.533 bits per heavy atom.